The number of carbonyl (C=O) groups is 1. The average Bonchev–Trinajstić information content (AvgIpc) is 2.36. The maximum absolute atomic E-state index is 13.0. The highest BCUT2D eigenvalue weighted by Gasteiger charge is 2.10. The molecule has 0 aliphatic heterocycles. The van der Waals surface area contributed by atoms with Gasteiger partial charge in [0.05, 0.1) is 17.4 Å². The third kappa shape index (κ3) is 3.08. The number of nitrogen functional groups attached to an aromatic ring is 1. The van der Waals surface area contributed by atoms with Crippen molar-refractivity contribution in [2.45, 2.75) is 6.92 Å². The standard InChI is InChI=1S/C13H11BrFN3O/c1-7-2-10(14)12(4-11(7)16)18-13(19)8-3-9(15)6-17-5-8/h2-6H,16H2,1H3,(H,18,19). The van der Waals surface area contributed by atoms with Gasteiger partial charge in [0.2, 0.25) is 0 Å². The minimum atomic E-state index is -0.560. The summed E-state index contributed by atoms with van der Waals surface area (Å²) < 4.78 is 13.7. The van der Waals surface area contributed by atoms with E-state index in [0.717, 1.165) is 17.8 Å². The fraction of sp³-hybridized carbons (Fsp3) is 0.0769. The van der Waals surface area contributed by atoms with Crippen molar-refractivity contribution in [1.29, 1.82) is 0 Å². The lowest BCUT2D eigenvalue weighted by Crippen LogP contribution is -2.13. The predicted octanol–water partition coefficient (Wildman–Crippen LogP) is 3.13. The summed E-state index contributed by atoms with van der Waals surface area (Å²) in [5, 5.41) is 2.65. The number of rotatable bonds is 2. The lowest BCUT2D eigenvalue weighted by Gasteiger charge is -2.10. The first kappa shape index (κ1) is 13.5. The second-order valence-electron chi connectivity index (χ2n) is 4.03. The number of nitrogens with one attached hydrogen (secondary N) is 1. The molecular formula is C13H11BrFN3O. The van der Waals surface area contributed by atoms with Crippen LogP contribution in [0.25, 0.3) is 0 Å². The maximum Gasteiger partial charge on any atom is 0.257 e. The highest BCUT2D eigenvalue weighted by atomic mass is 79.9. The quantitative estimate of drug-likeness (QED) is 0.834. The number of carbonyl (C=O) groups excluding carboxylic acids is 1. The molecule has 0 atom stereocenters. The lowest BCUT2D eigenvalue weighted by atomic mass is 10.2. The molecule has 0 saturated carbocycles. The van der Waals surface area contributed by atoms with Gasteiger partial charge in [0, 0.05) is 16.4 Å². The van der Waals surface area contributed by atoms with E-state index in [1.807, 2.05) is 6.92 Å². The predicted molar refractivity (Wildman–Crippen MR) is 75.4 cm³/mol. The van der Waals surface area contributed by atoms with E-state index in [1.54, 1.807) is 12.1 Å². The Labute approximate surface area is 118 Å². The van der Waals surface area contributed by atoms with Gasteiger partial charge in [-0.05, 0) is 46.6 Å². The first-order valence-electron chi connectivity index (χ1n) is 5.45. The number of halogens is 2. The van der Waals surface area contributed by atoms with Crippen molar-refractivity contribution >= 4 is 33.2 Å². The number of nitrogens with two attached hydrogens (primary N) is 1. The normalized spacial score (nSPS) is 10.3. The van der Waals surface area contributed by atoms with E-state index in [0.29, 0.717) is 15.8 Å². The Morgan fingerprint density at radius 2 is 2.11 bits per heavy atom. The molecule has 0 saturated heterocycles. The Kier molecular flexibility index (Phi) is 3.80. The zero-order chi connectivity index (χ0) is 14.0. The first-order valence-corrected chi connectivity index (χ1v) is 6.24. The number of aromatic nitrogens is 1. The molecular weight excluding hydrogens is 313 g/mol. The van der Waals surface area contributed by atoms with Crippen LogP contribution in [0.15, 0.2) is 35.1 Å². The molecule has 0 aliphatic carbocycles. The molecule has 0 aliphatic rings. The van der Waals surface area contributed by atoms with Crippen LogP contribution in [0.3, 0.4) is 0 Å². The largest absolute Gasteiger partial charge is 0.398 e. The molecule has 0 fully saturated rings. The Morgan fingerprint density at radius 1 is 1.37 bits per heavy atom. The van der Waals surface area contributed by atoms with Crippen LogP contribution in [-0.2, 0) is 0 Å². The number of anilines is 2. The van der Waals surface area contributed by atoms with Crippen molar-refractivity contribution in [3.63, 3.8) is 0 Å². The van der Waals surface area contributed by atoms with Crippen molar-refractivity contribution in [3.05, 3.63) is 52.0 Å². The van der Waals surface area contributed by atoms with Gasteiger partial charge >= 0.3 is 0 Å². The SMILES string of the molecule is Cc1cc(Br)c(NC(=O)c2cncc(F)c2)cc1N. The van der Waals surface area contributed by atoms with Gasteiger partial charge in [-0.15, -0.1) is 0 Å². The van der Waals surface area contributed by atoms with Crippen LogP contribution in [0.5, 0.6) is 0 Å². The topological polar surface area (TPSA) is 68.0 Å². The molecule has 0 radical (unpaired) electrons. The third-order valence-corrected chi connectivity index (χ3v) is 3.23. The number of aryl methyl sites for hydroxylation is 1. The van der Waals surface area contributed by atoms with Crippen molar-refractivity contribution < 1.29 is 9.18 Å². The molecule has 19 heavy (non-hydrogen) atoms. The Morgan fingerprint density at radius 3 is 2.79 bits per heavy atom. The number of pyridine rings is 1. The Bertz CT molecular complexity index is 646. The molecule has 2 aromatic rings. The molecule has 1 amide bonds. The van der Waals surface area contributed by atoms with Gasteiger partial charge in [0.25, 0.3) is 5.91 Å². The van der Waals surface area contributed by atoms with Gasteiger partial charge in [0.1, 0.15) is 5.82 Å². The van der Waals surface area contributed by atoms with Crippen molar-refractivity contribution in [2.75, 3.05) is 11.1 Å². The van der Waals surface area contributed by atoms with E-state index in [4.69, 9.17) is 5.73 Å². The summed E-state index contributed by atoms with van der Waals surface area (Å²) in [4.78, 5) is 15.6. The molecule has 1 aromatic carbocycles. The summed E-state index contributed by atoms with van der Waals surface area (Å²) in [6.45, 7) is 1.86. The summed E-state index contributed by atoms with van der Waals surface area (Å²) >= 11 is 3.34. The number of hydrogen-bond acceptors (Lipinski definition) is 3. The first-order chi connectivity index (χ1) is 8.97. The smallest absolute Gasteiger partial charge is 0.257 e. The zero-order valence-electron chi connectivity index (χ0n) is 10.1. The van der Waals surface area contributed by atoms with Crippen LogP contribution >= 0.6 is 15.9 Å². The van der Waals surface area contributed by atoms with E-state index in [9.17, 15) is 9.18 Å². The van der Waals surface area contributed by atoms with Crippen LogP contribution in [-0.4, -0.2) is 10.9 Å². The van der Waals surface area contributed by atoms with E-state index in [1.165, 1.54) is 6.20 Å². The summed E-state index contributed by atoms with van der Waals surface area (Å²) in [5.74, 6) is -1.01. The van der Waals surface area contributed by atoms with Gasteiger partial charge < -0.3 is 11.1 Å². The molecule has 1 aromatic heterocycles. The van der Waals surface area contributed by atoms with Crippen molar-refractivity contribution in [1.82, 2.24) is 4.98 Å². The Balaban J connectivity index is 2.27. The molecule has 6 heteroatoms. The fourth-order valence-electron chi connectivity index (χ4n) is 1.52. The van der Waals surface area contributed by atoms with Crippen LogP contribution in [0.2, 0.25) is 0 Å². The van der Waals surface area contributed by atoms with Gasteiger partial charge in [-0.3, -0.25) is 9.78 Å². The molecule has 3 N–H and O–H groups in total. The van der Waals surface area contributed by atoms with Crippen LogP contribution in [0.1, 0.15) is 15.9 Å². The van der Waals surface area contributed by atoms with Gasteiger partial charge in [0.15, 0.2) is 0 Å². The minimum absolute atomic E-state index is 0.144. The summed E-state index contributed by atoms with van der Waals surface area (Å²) in [5.41, 5.74) is 7.92. The van der Waals surface area contributed by atoms with Crippen molar-refractivity contribution in [2.24, 2.45) is 0 Å². The fourth-order valence-corrected chi connectivity index (χ4v) is 2.07. The monoisotopic (exact) mass is 323 g/mol. The van der Waals surface area contributed by atoms with Gasteiger partial charge in [-0.25, -0.2) is 4.39 Å². The molecule has 0 unspecified atom stereocenters. The zero-order valence-corrected chi connectivity index (χ0v) is 11.7. The van der Waals surface area contributed by atoms with Crippen LogP contribution < -0.4 is 11.1 Å². The molecule has 0 bridgehead atoms. The van der Waals surface area contributed by atoms with Gasteiger partial charge in [-0.2, -0.15) is 0 Å². The van der Waals surface area contributed by atoms with Crippen LogP contribution in [0.4, 0.5) is 15.8 Å². The third-order valence-electron chi connectivity index (χ3n) is 2.57. The van der Waals surface area contributed by atoms with Gasteiger partial charge in [-0.1, -0.05) is 0 Å². The molecule has 1 heterocycles. The number of nitrogens with zero attached hydrogens (tertiary/aromatic N) is 1. The molecule has 0 spiro atoms. The summed E-state index contributed by atoms with van der Waals surface area (Å²) in [6.07, 6.45) is 2.33. The number of amides is 1. The van der Waals surface area contributed by atoms with E-state index in [2.05, 4.69) is 26.2 Å². The lowest BCUT2D eigenvalue weighted by molar-refractivity contribution is 0.102. The van der Waals surface area contributed by atoms with Crippen molar-refractivity contribution in [3.8, 4) is 0 Å². The maximum atomic E-state index is 13.0. The molecule has 98 valence electrons. The van der Waals surface area contributed by atoms with E-state index < -0.39 is 11.7 Å². The highest BCUT2D eigenvalue weighted by Crippen LogP contribution is 2.28. The second-order valence-corrected chi connectivity index (χ2v) is 4.89. The van der Waals surface area contributed by atoms with Crippen LogP contribution in [0, 0.1) is 12.7 Å². The van der Waals surface area contributed by atoms with E-state index in [-0.39, 0.29) is 5.56 Å². The number of benzene rings is 1. The Hall–Kier alpha value is -1.95. The van der Waals surface area contributed by atoms with E-state index >= 15 is 0 Å². The molecule has 4 nitrogen and oxygen atoms in total. The summed E-state index contributed by atoms with van der Waals surface area (Å²) in [7, 11) is 0. The second kappa shape index (κ2) is 5.36. The minimum Gasteiger partial charge on any atom is -0.398 e. The average molecular weight is 324 g/mol. The number of hydrogen-bond donors (Lipinski definition) is 2. The summed E-state index contributed by atoms with van der Waals surface area (Å²) in [6, 6.07) is 4.56. The highest BCUT2D eigenvalue weighted by molar-refractivity contribution is 9.10. The molecule has 2 rings (SSSR count).